The van der Waals surface area contributed by atoms with Gasteiger partial charge in [-0.25, -0.2) is 13.6 Å². The molecule has 24 heavy (non-hydrogen) atoms. The fourth-order valence-electron chi connectivity index (χ4n) is 2.17. The van der Waals surface area contributed by atoms with Crippen molar-refractivity contribution in [3.63, 3.8) is 0 Å². The largest absolute Gasteiger partial charge is 0.519 e. The standard InChI is InChI=1S/C19H12F2O3/c20-14-10-11-18(16(21)12-14)24-19(22)23-17-9-5-4-8-15(17)13-6-2-1-3-7-13/h1-12H. The molecule has 0 spiro atoms. The lowest BCUT2D eigenvalue weighted by atomic mass is 10.1. The Labute approximate surface area is 137 Å². The van der Waals surface area contributed by atoms with Crippen LogP contribution < -0.4 is 9.47 Å². The third-order valence-electron chi connectivity index (χ3n) is 3.25. The van der Waals surface area contributed by atoms with Crippen LogP contribution in [0, 0.1) is 11.6 Å². The number of hydrogen-bond acceptors (Lipinski definition) is 3. The predicted octanol–water partition coefficient (Wildman–Crippen LogP) is 5.21. The molecule has 3 aromatic rings. The minimum absolute atomic E-state index is 0.274. The van der Waals surface area contributed by atoms with Crippen molar-refractivity contribution in [2.45, 2.75) is 0 Å². The van der Waals surface area contributed by atoms with Crippen molar-refractivity contribution < 1.29 is 23.0 Å². The molecule has 0 radical (unpaired) electrons. The van der Waals surface area contributed by atoms with Crippen LogP contribution in [0.2, 0.25) is 0 Å². The second-order valence-electron chi connectivity index (χ2n) is 4.89. The Balaban J connectivity index is 1.80. The van der Waals surface area contributed by atoms with Gasteiger partial charge in [-0.1, -0.05) is 48.5 Å². The van der Waals surface area contributed by atoms with Gasteiger partial charge >= 0.3 is 6.16 Å². The lowest BCUT2D eigenvalue weighted by Gasteiger charge is -2.10. The van der Waals surface area contributed by atoms with E-state index in [1.54, 1.807) is 24.3 Å². The normalized spacial score (nSPS) is 10.2. The summed E-state index contributed by atoms with van der Waals surface area (Å²) in [4.78, 5) is 11.9. The fourth-order valence-corrected chi connectivity index (χ4v) is 2.17. The van der Waals surface area contributed by atoms with Crippen LogP contribution in [0.5, 0.6) is 11.5 Å². The predicted molar refractivity (Wildman–Crippen MR) is 84.9 cm³/mol. The Kier molecular flexibility index (Phi) is 4.52. The number of carbonyl (C=O) groups excluding carboxylic acids is 1. The van der Waals surface area contributed by atoms with Crippen LogP contribution in [0.25, 0.3) is 11.1 Å². The Morgan fingerprint density at radius 3 is 2.17 bits per heavy atom. The number of halogens is 2. The van der Waals surface area contributed by atoms with Gasteiger partial charge in [0.25, 0.3) is 0 Å². The van der Waals surface area contributed by atoms with Crippen LogP contribution in [0.1, 0.15) is 0 Å². The van der Waals surface area contributed by atoms with Crippen LogP contribution in [0.15, 0.2) is 72.8 Å². The zero-order valence-electron chi connectivity index (χ0n) is 12.4. The first kappa shape index (κ1) is 15.7. The summed E-state index contributed by atoms with van der Waals surface area (Å²) in [5.74, 6) is -1.87. The SMILES string of the molecule is O=C(Oc1ccc(F)cc1F)Oc1ccccc1-c1ccccc1. The minimum atomic E-state index is -1.11. The van der Waals surface area contributed by atoms with Crippen LogP contribution >= 0.6 is 0 Å². The molecule has 0 saturated carbocycles. The van der Waals surface area contributed by atoms with Crippen LogP contribution in [-0.2, 0) is 0 Å². The average molecular weight is 326 g/mol. The molecule has 0 aliphatic carbocycles. The minimum Gasteiger partial charge on any atom is -0.394 e. The second-order valence-corrected chi connectivity index (χ2v) is 4.89. The Morgan fingerprint density at radius 1 is 0.750 bits per heavy atom. The molecule has 0 saturated heterocycles. The van der Waals surface area contributed by atoms with Crippen molar-refractivity contribution in [1.29, 1.82) is 0 Å². The van der Waals surface area contributed by atoms with Crippen LogP contribution in [-0.4, -0.2) is 6.16 Å². The number of rotatable bonds is 3. The first-order valence-corrected chi connectivity index (χ1v) is 7.12. The molecule has 0 heterocycles. The summed E-state index contributed by atoms with van der Waals surface area (Å²) in [5.41, 5.74) is 1.54. The van der Waals surface area contributed by atoms with E-state index in [1.807, 2.05) is 30.3 Å². The maximum Gasteiger partial charge on any atom is 0.519 e. The summed E-state index contributed by atoms with van der Waals surface area (Å²) in [6.07, 6.45) is -1.11. The second kappa shape index (κ2) is 6.91. The molecule has 0 bridgehead atoms. The molecule has 120 valence electrons. The van der Waals surface area contributed by atoms with Crippen molar-refractivity contribution >= 4 is 6.16 Å². The van der Waals surface area contributed by atoms with Gasteiger partial charge in [-0.15, -0.1) is 0 Å². The summed E-state index contributed by atoms with van der Waals surface area (Å²) in [7, 11) is 0. The molecule has 3 nitrogen and oxygen atoms in total. The van der Waals surface area contributed by atoms with E-state index in [4.69, 9.17) is 9.47 Å². The summed E-state index contributed by atoms with van der Waals surface area (Å²) in [6.45, 7) is 0. The van der Waals surface area contributed by atoms with Crippen molar-refractivity contribution in [2.24, 2.45) is 0 Å². The van der Waals surface area contributed by atoms with Crippen LogP contribution in [0.3, 0.4) is 0 Å². The van der Waals surface area contributed by atoms with Gasteiger partial charge in [0.1, 0.15) is 11.6 Å². The Morgan fingerprint density at radius 2 is 1.42 bits per heavy atom. The van der Waals surface area contributed by atoms with E-state index in [0.717, 1.165) is 17.7 Å². The highest BCUT2D eigenvalue weighted by molar-refractivity contribution is 5.75. The number of hydrogen-bond donors (Lipinski definition) is 0. The molecule has 0 fully saturated rings. The van der Waals surface area contributed by atoms with Gasteiger partial charge in [0.15, 0.2) is 11.6 Å². The summed E-state index contributed by atoms with van der Waals surface area (Å²) < 4.78 is 36.3. The summed E-state index contributed by atoms with van der Waals surface area (Å²) in [5, 5.41) is 0. The van der Waals surface area contributed by atoms with E-state index in [0.29, 0.717) is 11.6 Å². The van der Waals surface area contributed by atoms with Gasteiger partial charge in [-0.3, -0.25) is 0 Å². The van der Waals surface area contributed by atoms with E-state index in [9.17, 15) is 13.6 Å². The fraction of sp³-hybridized carbons (Fsp3) is 0. The molecule has 5 heteroatoms. The molecule has 0 aliphatic rings. The lowest BCUT2D eigenvalue weighted by molar-refractivity contribution is 0.150. The third kappa shape index (κ3) is 3.57. The molecule has 0 N–H and O–H groups in total. The monoisotopic (exact) mass is 326 g/mol. The molecule has 3 aromatic carbocycles. The zero-order valence-corrected chi connectivity index (χ0v) is 12.4. The smallest absolute Gasteiger partial charge is 0.394 e. The Hall–Kier alpha value is -3.21. The first-order valence-electron chi connectivity index (χ1n) is 7.12. The van der Waals surface area contributed by atoms with Crippen molar-refractivity contribution in [2.75, 3.05) is 0 Å². The number of ether oxygens (including phenoxy) is 2. The van der Waals surface area contributed by atoms with Gasteiger partial charge in [-0.2, -0.15) is 0 Å². The maximum atomic E-state index is 13.5. The zero-order chi connectivity index (χ0) is 16.9. The quantitative estimate of drug-likeness (QED) is 0.489. The summed E-state index contributed by atoms with van der Waals surface area (Å²) in [6, 6.07) is 18.9. The van der Waals surface area contributed by atoms with Gasteiger partial charge < -0.3 is 9.47 Å². The van der Waals surface area contributed by atoms with Gasteiger partial charge in [0.05, 0.1) is 0 Å². The van der Waals surface area contributed by atoms with Gasteiger partial charge in [0.2, 0.25) is 0 Å². The molecule has 0 aliphatic heterocycles. The Bertz CT molecular complexity index is 863. The highest BCUT2D eigenvalue weighted by atomic mass is 19.1. The van der Waals surface area contributed by atoms with E-state index >= 15 is 0 Å². The number of benzene rings is 3. The molecule has 0 atom stereocenters. The molecule has 0 unspecified atom stereocenters. The van der Waals surface area contributed by atoms with Crippen LogP contribution in [0.4, 0.5) is 13.6 Å². The van der Waals surface area contributed by atoms with Crippen molar-refractivity contribution in [3.05, 3.63) is 84.4 Å². The number of carbonyl (C=O) groups is 1. The molecular formula is C19H12F2O3. The summed E-state index contributed by atoms with van der Waals surface area (Å²) >= 11 is 0. The van der Waals surface area contributed by atoms with E-state index < -0.39 is 23.5 Å². The molecule has 0 aromatic heterocycles. The topological polar surface area (TPSA) is 35.5 Å². The van der Waals surface area contributed by atoms with Gasteiger partial charge in [-0.05, 0) is 23.8 Å². The highest BCUT2D eigenvalue weighted by Gasteiger charge is 2.15. The van der Waals surface area contributed by atoms with E-state index in [2.05, 4.69) is 0 Å². The molecule has 3 rings (SSSR count). The van der Waals surface area contributed by atoms with E-state index in [1.165, 1.54) is 0 Å². The van der Waals surface area contributed by atoms with Crippen molar-refractivity contribution in [1.82, 2.24) is 0 Å². The highest BCUT2D eigenvalue weighted by Crippen LogP contribution is 2.30. The molecular weight excluding hydrogens is 314 g/mol. The first-order chi connectivity index (χ1) is 11.6. The lowest BCUT2D eigenvalue weighted by Crippen LogP contribution is -2.15. The van der Waals surface area contributed by atoms with Gasteiger partial charge in [0, 0.05) is 11.6 Å². The average Bonchev–Trinajstić information content (AvgIpc) is 2.59. The third-order valence-corrected chi connectivity index (χ3v) is 3.25. The molecule has 0 amide bonds. The van der Waals surface area contributed by atoms with E-state index in [-0.39, 0.29) is 5.75 Å². The maximum absolute atomic E-state index is 13.5. The number of para-hydroxylation sites is 1. The van der Waals surface area contributed by atoms with Crippen molar-refractivity contribution in [3.8, 4) is 22.6 Å².